The number of aliphatic hydroxyl groups excluding tert-OH is 1. The van der Waals surface area contributed by atoms with Gasteiger partial charge in [0, 0.05) is 37.1 Å². The first kappa shape index (κ1) is 41.9. The van der Waals surface area contributed by atoms with E-state index in [2.05, 4.69) is 16.0 Å². The molecule has 1 aliphatic rings. The second kappa shape index (κ2) is 19.9. The Bertz CT molecular complexity index is 1440. The number of aliphatic hydroxyl groups is 1. The number of fused-ring (bicyclic) bond motifs is 3. The van der Waals surface area contributed by atoms with E-state index in [1.807, 2.05) is 91.8 Å². The van der Waals surface area contributed by atoms with E-state index in [1.165, 1.54) is 0 Å². The van der Waals surface area contributed by atoms with Crippen LogP contribution in [0.3, 0.4) is 0 Å². The van der Waals surface area contributed by atoms with Crippen LogP contribution in [-0.4, -0.2) is 92.6 Å². The minimum atomic E-state index is -0.591. The monoisotopic (exact) mass is 713 g/mol. The normalized spacial score (nSPS) is 14.0. The van der Waals surface area contributed by atoms with Crippen LogP contribution in [0.25, 0.3) is 11.1 Å². The molecule has 0 saturated heterocycles. The van der Waals surface area contributed by atoms with Crippen molar-refractivity contribution in [3.63, 3.8) is 0 Å². The third-order valence-electron chi connectivity index (χ3n) is 8.43. The number of anilines is 2. The average Bonchev–Trinajstić information content (AvgIpc) is 3.33. The lowest BCUT2D eigenvalue weighted by molar-refractivity contribution is -0.119. The van der Waals surface area contributed by atoms with E-state index in [1.54, 1.807) is 0 Å². The van der Waals surface area contributed by atoms with E-state index in [9.17, 15) is 19.5 Å². The average molecular weight is 714 g/mol. The fourth-order valence-corrected chi connectivity index (χ4v) is 5.59. The minimum Gasteiger partial charge on any atom is -0.449 e. The number of nitrogens with one attached hydrogen (secondary N) is 3. The Morgan fingerprint density at radius 1 is 0.725 bits per heavy atom. The van der Waals surface area contributed by atoms with E-state index in [0.717, 1.165) is 22.3 Å². The zero-order chi connectivity index (χ0) is 37.6. The molecule has 0 bridgehead atoms. The summed E-state index contributed by atoms with van der Waals surface area (Å²) in [4.78, 5) is 38.3. The fourth-order valence-electron chi connectivity index (χ4n) is 5.59. The fraction of sp³-hybridized carbons (Fsp3) is 0.615. The van der Waals surface area contributed by atoms with Gasteiger partial charge in [-0.05, 0) is 115 Å². The van der Waals surface area contributed by atoms with Crippen molar-refractivity contribution in [2.75, 3.05) is 56.8 Å². The van der Waals surface area contributed by atoms with Crippen LogP contribution in [0.1, 0.15) is 98.1 Å². The zero-order valence-electron chi connectivity index (χ0n) is 31.7. The maximum Gasteiger partial charge on any atom is 0.407 e. The van der Waals surface area contributed by atoms with Gasteiger partial charge in [-0.1, -0.05) is 12.1 Å². The Morgan fingerprint density at radius 2 is 1.24 bits per heavy atom. The highest BCUT2D eigenvalue weighted by molar-refractivity contribution is 5.94. The Kier molecular flexibility index (Phi) is 16.3. The Morgan fingerprint density at radius 3 is 1.78 bits per heavy atom. The topological polar surface area (TPSA) is 154 Å². The van der Waals surface area contributed by atoms with Crippen LogP contribution < -0.4 is 16.0 Å². The van der Waals surface area contributed by atoms with E-state index < -0.39 is 17.3 Å². The molecule has 0 spiro atoms. The van der Waals surface area contributed by atoms with Crippen LogP contribution in [0.2, 0.25) is 0 Å². The molecule has 12 heteroatoms. The summed E-state index contributed by atoms with van der Waals surface area (Å²) in [7, 11) is 0. The lowest BCUT2D eigenvalue weighted by Crippen LogP contribution is -2.33. The highest BCUT2D eigenvalue weighted by Gasteiger charge is 2.31. The van der Waals surface area contributed by atoms with Crippen LogP contribution in [-0.2, 0) is 33.3 Å². The number of carbonyl (C=O) groups is 3. The van der Waals surface area contributed by atoms with Crippen molar-refractivity contribution in [2.24, 2.45) is 0 Å². The molecule has 12 nitrogen and oxygen atoms in total. The lowest BCUT2D eigenvalue weighted by atomic mass is 9.97. The number of rotatable bonds is 22. The first-order valence-corrected chi connectivity index (χ1v) is 18.0. The second-order valence-corrected chi connectivity index (χ2v) is 14.6. The molecular formula is C39H59N3O9. The largest absolute Gasteiger partial charge is 0.449 e. The molecule has 51 heavy (non-hydrogen) atoms. The predicted molar refractivity (Wildman–Crippen MR) is 198 cm³/mol. The minimum absolute atomic E-state index is 0.0117. The molecule has 284 valence electrons. The number of benzene rings is 2. The molecule has 4 N–H and O–H groups in total. The molecule has 2 aromatic rings. The van der Waals surface area contributed by atoms with Gasteiger partial charge in [-0.3, -0.25) is 9.59 Å². The van der Waals surface area contributed by atoms with Gasteiger partial charge in [-0.25, -0.2) is 4.79 Å². The molecular weight excluding hydrogens is 654 g/mol. The van der Waals surface area contributed by atoms with Crippen molar-refractivity contribution in [2.45, 2.75) is 110 Å². The Labute approximate surface area is 303 Å². The molecule has 0 heterocycles. The van der Waals surface area contributed by atoms with Crippen LogP contribution >= 0.6 is 0 Å². The summed E-state index contributed by atoms with van der Waals surface area (Å²) in [5.41, 5.74) is 4.00. The van der Waals surface area contributed by atoms with Crippen LogP contribution in [0.4, 0.5) is 16.2 Å². The molecule has 0 radical (unpaired) electrons. The summed E-state index contributed by atoms with van der Waals surface area (Å²) in [6, 6.07) is 11.4. The van der Waals surface area contributed by atoms with Crippen molar-refractivity contribution < 1.29 is 43.2 Å². The first-order chi connectivity index (χ1) is 24.1. The Balaban J connectivity index is 1.69. The third-order valence-corrected chi connectivity index (χ3v) is 8.43. The molecule has 3 amide bonds. The summed E-state index contributed by atoms with van der Waals surface area (Å²) < 4.78 is 28.6. The van der Waals surface area contributed by atoms with Gasteiger partial charge in [0.25, 0.3) is 0 Å². The number of hydrogen-bond donors (Lipinski definition) is 4. The van der Waals surface area contributed by atoms with E-state index in [-0.39, 0.29) is 75.8 Å². The summed E-state index contributed by atoms with van der Waals surface area (Å²) in [5.74, 6) is -0.692. The number of ether oxygens (including phenoxy) is 5. The van der Waals surface area contributed by atoms with Gasteiger partial charge in [0.05, 0.1) is 56.1 Å². The first-order valence-electron chi connectivity index (χ1n) is 18.0. The molecule has 0 fully saturated rings. The Hall–Kier alpha value is -3.55. The molecule has 2 aromatic carbocycles. The lowest BCUT2D eigenvalue weighted by Gasteiger charge is -2.25. The van der Waals surface area contributed by atoms with E-state index in [0.29, 0.717) is 37.4 Å². The molecule has 3 rings (SSSR count). The number of amides is 3. The van der Waals surface area contributed by atoms with E-state index in [4.69, 9.17) is 23.7 Å². The van der Waals surface area contributed by atoms with Crippen LogP contribution in [0.15, 0.2) is 36.4 Å². The summed E-state index contributed by atoms with van der Waals surface area (Å²) in [6.45, 7) is 17.3. The standard InChI is InChI=1S/C39H59N3O9/c1-26(2)47-19-13-35(44)41-28-9-11-30-31-12-10-29(42-36(45)14-20-50-39(7,8)16-21-48-27(3)4)24-33(31)34(32(30)23-28)25-49-37(46)40-17-22-51-38(5,6)15-18-43/h9-12,23-24,26-27,34,43H,13-22,25H2,1-8H3,(H,40,46)(H,41,44)(H,42,45). The van der Waals surface area contributed by atoms with Gasteiger partial charge in [-0.15, -0.1) is 0 Å². The van der Waals surface area contributed by atoms with Gasteiger partial charge >= 0.3 is 6.09 Å². The van der Waals surface area contributed by atoms with Crippen molar-refractivity contribution in [3.05, 3.63) is 47.5 Å². The SMILES string of the molecule is CC(C)OCCC(=O)Nc1ccc2c(c1)C(COC(=O)NCCOC(C)(C)CCO)c1cc(NC(=O)CCOC(C)(C)CCOC(C)C)ccc1-2. The molecule has 0 aliphatic heterocycles. The number of hydrogen-bond acceptors (Lipinski definition) is 9. The highest BCUT2D eigenvalue weighted by atomic mass is 16.6. The molecule has 1 aliphatic carbocycles. The van der Waals surface area contributed by atoms with Crippen molar-refractivity contribution in [1.82, 2.24) is 5.32 Å². The third kappa shape index (κ3) is 14.5. The number of carbonyl (C=O) groups excluding carboxylic acids is 3. The molecule has 0 saturated carbocycles. The maximum atomic E-state index is 12.9. The van der Waals surface area contributed by atoms with Gasteiger partial charge in [0.15, 0.2) is 0 Å². The van der Waals surface area contributed by atoms with Crippen molar-refractivity contribution in [1.29, 1.82) is 0 Å². The van der Waals surface area contributed by atoms with Crippen LogP contribution in [0, 0.1) is 0 Å². The van der Waals surface area contributed by atoms with Crippen LogP contribution in [0.5, 0.6) is 0 Å². The second-order valence-electron chi connectivity index (χ2n) is 14.6. The smallest absolute Gasteiger partial charge is 0.407 e. The van der Waals surface area contributed by atoms with E-state index >= 15 is 0 Å². The van der Waals surface area contributed by atoms with Crippen molar-refractivity contribution >= 4 is 29.3 Å². The predicted octanol–water partition coefficient (Wildman–Crippen LogP) is 6.40. The molecule has 0 aromatic heterocycles. The summed E-state index contributed by atoms with van der Waals surface area (Å²) >= 11 is 0. The zero-order valence-corrected chi connectivity index (χ0v) is 31.7. The van der Waals surface area contributed by atoms with Crippen molar-refractivity contribution in [3.8, 4) is 11.1 Å². The quantitative estimate of drug-likeness (QED) is 0.102. The van der Waals surface area contributed by atoms with Gasteiger partial charge in [0.2, 0.25) is 11.8 Å². The molecule has 1 atom stereocenters. The molecule has 1 unspecified atom stereocenters. The highest BCUT2D eigenvalue weighted by Crippen LogP contribution is 2.47. The van der Waals surface area contributed by atoms with Gasteiger partial charge < -0.3 is 44.7 Å². The maximum absolute atomic E-state index is 12.9. The van der Waals surface area contributed by atoms with Gasteiger partial charge in [0.1, 0.15) is 6.61 Å². The van der Waals surface area contributed by atoms with Gasteiger partial charge in [-0.2, -0.15) is 0 Å². The number of alkyl carbamates (subject to hydrolysis) is 1. The summed E-state index contributed by atoms with van der Waals surface area (Å²) in [5, 5.41) is 17.9. The summed E-state index contributed by atoms with van der Waals surface area (Å²) in [6.07, 6.45) is 1.20.